The van der Waals surface area contributed by atoms with Gasteiger partial charge in [-0.2, -0.15) is 0 Å². The Bertz CT molecular complexity index is 1290. The first kappa shape index (κ1) is 23.4. The minimum Gasteiger partial charge on any atom is -0.497 e. The molecule has 0 aliphatic rings. The van der Waals surface area contributed by atoms with Gasteiger partial charge in [-0.25, -0.2) is 4.79 Å². The molecule has 0 aliphatic carbocycles. The number of aromatic carboxylic acids is 1. The summed E-state index contributed by atoms with van der Waals surface area (Å²) in [7, 11) is 1.62. The van der Waals surface area contributed by atoms with Crippen molar-refractivity contribution in [3.8, 4) is 11.5 Å². The third-order valence-electron chi connectivity index (χ3n) is 5.93. The number of methoxy groups -OCH3 is 1. The highest BCUT2D eigenvalue weighted by atomic mass is 16.5. The quantitative estimate of drug-likeness (QED) is 0.333. The lowest BCUT2D eigenvalue weighted by Gasteiger charge is -2.12. The maximum Gasteiger partial charge on any atom is 0.352 e. The largest absolute Gasteiger partial charge is 0.497 e. The molecule has 2 N–H and O–H groups in total. The highest BCUT2D eigenvalue weighted by Crippen LogP contribution is 2.31. The third kappa shape index (κ3) is 4.92. The molecule has 0 aliphatic heterocycles. The van der Waals surface area contributed by atoms with Crippen molar-refractivity contribution in [3.05, 3.63) is 94.7 Å². The summed E-state index contributed by atoms with van der Waals surface area (Å²) in [5.74, 6) is 0.577. The van der Waals surface area contributed by atoms with E-state index in [4.69, 9.17) is 9.47 Å². The fourth-order valence-corrected chi connectivity index (χ4v) is 4.26. The zero-order valence-electron chi connectivity index (χ0n) is 19.8. The molecule has 0 spiro atoms. The molecule has 0 bridgehead atoms. The maximum absolute atomic E-state index is 12.5. The van der Waals surface area contributed by atoms with Gasteiger partial charge in [0.2, 0.25) is 0 Å². The molecule has 34 heavy (non-hydrogen) atoms. The average molecular weight is 459 g/mol. The standard InChI is InChI=1S/C28H30N2O4/c1-4-34-26-8-6-5-7-21(26)16-29-17-24-23-14-13-22(33-3)15-25(23)30(27(24)28(31)32)18-20-11-9-19(2)10-12-20/h5-15,29H,4,16-18H2,1-3H3,(H,31,32). The van der Waals surface area contributed by atoms with Crippen molar-refractivity contribution < 1.29 is 19.4 Å². The zero-order chi connectivity index (χ0) is 24.1. The molecule has 1 aromatic heterocycles. The number of hydrogen-bond donors (Lipinski definition) is 2. The lowest BCUT2D eigenvalue weighted by Crippen LogP contribution is -2.17. The number of carboxylic acids is 1. The first-order valence-electron chi connectivity index (χ1n) is 11.4. The van der Waals surface area contributed by atoms with Crippen LogP contribution in [0.3, 0.4) is 0 Å². The second-order valence-electron chi connectivity index (χ2n) is 8.23. The minimum atomic E-state index is -0.950. The lowest BCUT2D eigenvalue weighted by molar-refractivity contribution is 0.0684. The van der Waals surface area contributed by atoms with E-state index in [0.717, 1.165) is 33.3 Å². The molecule has 0 saturated carbocycles. The van der Waals surface area contributed by atoms with Crippen LogP contribution >= 0.6 is 0 Å². The van der Waals surface area contributed by atoms with Crippen molar-refractivity contribution in [2.24, 2.45) is 0 Å². The monoisotopic (exact) mass is 458 g/mol. The summed E-state index contributed by atoms with van der Waals surface area (Å²) in [6.45, 7) is 6.02. The van der Waals surface area contributed by atoms with E-state index in [-0.39, 0.29) is 5.69 Å². The Labute approximate surface area is 199 Å². The van der Waals surface area contributed by atoms with Crippen LogP contribution in [0.15, 0.2) is 66.7 Å². The highest BCUT2D eigenvalue weighted by molar-refractivity contribution is 5.98. The molecule has 4 rings (SSSR count). The highest BCUT2D eigenvalue weighted by Gasteiger charge is 2.23. The molecule has 6 nitrogen and oxygen atoms in total. The molecule has 1 heterocycles. The summed E-state index contributed by atoms with van der Waals surface area (Å²) >= 11 is 0. The van der Waals surface area contributed by atoms with Gasteiger partial charge in [-0.15, -0.1) is 0 Å². The van der Waals surface area contributed by atoms with Crippen LogP contribution in [0.1, 0.15) is 39.7 Å². The predicted molar refractivity (Wildman–Crippen MR) is 134 cm³/mol. The zero-order valence-corrected chi connectivity index (χ0v) is 19.8. The number of hydrogen-bond acceptors (Lipinski definition) is 4. The van der Waals surface area contributed by atoms with Crippen molar-refractivity contribution >= 4 is 16.9 Å². The van der Waals surface area contributed by atoms with Crippen LogP contribution in [0.5, 0.6) is 11.5 Å². The van der Waals surface area contributed by atoms with Crippen molar-refractivity contribution in [2.45, 2.75) is 33.5 Å². The van der Waals surface area contributed by atoms with Gasteiger partial charge in [0.15, 0.2) is 0 Å². The molecule has 0 atom stereocenters. The summed E-state index contributed by atoms with van der Waals surface area (Å²) < 4.78 is 13.0. The van der Waals surface area contributed by atoms with Gasteiger partial charge < -0.3 is 24.5 Å². The molecule has 0 fully saturated rings. The van der Waals surface area contributed by atoms with Crippen LogP contribution in [-0.2, 0) is 19.6 Å². The van der Waals surface area contributed by atoms with Gasteiger partial charge in [-0.05, 0) is 37.6 Å². The van der Waals surface area contributed by atoms with Gasteiger partial charge in [0.1, 0.15) is 17.2 Å². The normalized spacial score (nSPS) is 11.0. The van der Waals surface area contributed by atoms with Gasteiger partial charge in [0.05, 0.1) is 19.2 Å². The number of carboxylic acid groups (broad SMARTS) is 1. The molecule has 0 saturated heterocycles. The van der Waals surface area contributed by atoms with E-state index in [1.165, 1.54) is 5.56 Å². The molecule has 0 amide bonds. The van der Waals surface area contributed by atoms with Crippen LogP contribution in [0.2, 0.25) is 0 Å². The SMILES string of the molecule is CCOc1ccccc1CNCc1c(C(=O)O)n(Cc2ccc(C)cc2)c2cc(OC)ccc12. The van der Waals surface area contributed by atoms with Gasteiger partial charge in [0.25, 0.3) is 0 Å². The number of benzene rings is 3. The average Bonchev–Trinajstić information content (AvgIpc) is 3.14. The summed E-state index contributed by atoms with van der Waals surface area (Å²) in [5, 5.41) is 14.6. The van der Waals surface area contributed by atoms with Gasteiger partial charge >= 0.3 is 5.97 Å². The van der Waals surface area contributed by atoms with E-state index in [1.807, 2.05) is 85.1 Å². The Kier molecular flexibility index (Phi) is 7.18. The molecular formula is C28H30N2O4. The fraction of sp³-hybridized carbons (Fsp3) is 0.250. The summed E-state index contributed by atoms with van der Waals surface area (Å²) in [4.78, 5) is 12.5. The number of aryl methyl sites for hydroxylation is 1. The predicted octanol–water partition coefficient (Wildman–Crippen LogP) is 5.39. The van der Waals surface area contributed by atoms with E-state index >= 15 is 0 Å². The maximum atomic E-state index is 12.5. The Morgan fingerprint density at radius 2 is 1.79 bits per heavy atom. The fourth-order valence-electron chi connectivity index (χ4n) is 4.26. The Balaban J connectivity index is 1.71. The molecule has 0 unspecified atom stereocenters. The van der Waals surface area contributed by atoms with E-state index < -0.39 is 5.97 Å². The van der Waals surface area contributed by atoms with Crippen molar-refractivity contribution in [2.75, 3.05) is 13.7 Å². The van der Waals surface area contributed by atoms with Crippen LogP contribution in [0.4, 0.5) is 0 Å². The van der Waals surface area contributed by atoms with Gasteiger partial charge in [-0.1, -0.05) is 48.0 Å². The lowest BCUT2D eigenvalue weighted by atomic mass is 10.1. The number of para-hydroxylation sites is 1. The number of rotatable bonds is 10. The smallest absolute Gasteiger partial charge is 0.352 e. The summed E-state index contributed by atoms with van der Waals surface area (Å²) in [6, 6.07) is 21.8. The van der Waals surface area contributed by atoms with Gasteiger partial charge in [-0.3, -0.25) is 0 Å². The second kappa shape index (κ2) is 10.4. The molecule has 6 heteroatoms. The molecule has 4 aromatic rings. The number of ether oxygens (including phenoxy) is 2. The molecular weight excluding hydrogens is 428 g/mol. The Morgan fingerprint density at radius 1 is 1.03 bits per heavy atom. The number of nitrogens with one attached hydrogen (secondary N) is 1. The summed E-state index contributed by atoms with van der Waals surface area (Å²) in [6.07, 6.45) is 0. The van der Waals surface area contributed by atoms with E-state index in [0.29, 0.717) is 32.0 Å². The molecule has 176 valence electrons. The van der Waals surface area contributed by atoms with E-state index in [9.17, 15) is 9.90 Å². The van der Waals surface area contributed by atoms with Crippen LogP contribution in [-0.4, -0.2) is 29.4 Å². The Hall–Kier alpha value is -3.77. The van der Waals surface area contributed by atoms with E-state index in [2.05, 4.69) is 5.32 Å². The van der Waals surface area contributed by atoms with E-state index in [1.54, 1.807) is 7.11 Å². The van der Waals surface area contributed by atoms with Crippen molar-refractivity contribution in [1.82, 2.24) is 9.88 Å². The molecule has 0 radical (unpaired) electrons. The molecule has 3 aromatic carbocycles. The van der Waals surface area contributed by atoms with Crippen LogP contribution in [0, 0.1) is 6.92 Å². The first-order chi connectivity index (χ1) is 16.5. The van der Waals surface area contributed by atoms with Gasteiger partial charge in [0, 0.05) is 42.2 Å². The minimum absolute atomic E-state index is 0.287. The van der Waals surface area contributed by atoms with Crippen LogP contribution < -0.4 is 14.8 Å². The van der Waals surface area contributed by atoms with Crippen molar-refractivity contribution in [1.29, 1.82) is 0 Å². The van der Waals surface area contributed by atoms with Crippen LogP contribution in [0.25, 0.3) is 10.9 Å². The number of nitrogens with zero attached hydrogens (tertiary/aromatic N) is 1. The number of carbonyl (C=O) groups is 1. The number of aromatic nitrogens is 1. The topological polar surface area (TPSA) is 72.7 Å². The second-order valence-corrected chi connectivity index (χ2v) is 8.23. The first-order valence-corrected chi connectivity index (χ1v) is 11.4. The number of fused-ring (bicyclic) bond motifs is 1. The third-order valence-corrected chi connectivity index (χ3v) is 5.93. The van der Waals surface area contributed by atoms with Crippen molar-refractivity contribution in [3.63, 3.8) is 0 Å². The summed E-state index contributed by atoms with van der Waals surface area (Å²) in [5.41, 5.74) is 5.12. The Morgan fingerprint density at radius 3 is 2.50 bits per heavy atom.